The highest BCUT2D eigenvalue weighted by Gasteiger charge is 2.60. The van der Waals surface area contributed by atoms with Gasteiger partial charge in [0.15, 0.2) is 0 Å². The number of ketones is 1. The smallest absolute Gasteiger partial charge is 0.302 e. The van der Waals surface area contributed by atoms with E-state index in [4.69, 9.17) is 4.74 Å². The maximum Gasteiger partial charge on any atom is 0.302 e. The first kappa shape index (κ1) is 19.2. The molecule has 0 N–H and O–H groups in total. The van der Waals surface area contributed by atoms with E-state index in [1.54, 1.807) is 5.57 Å². The summed E-state index contributed by atoms with van der Waals surface area (Å²) in [5.74, 6) is 2.75. The van der Waals surface area contributed by atoms with Crippen molar-refractivity contribution in [2.45, 2.75) is 91.6 Å². The second-order valence-corrected chi connectivity index (χ2v) is 10.1. The topological polar surface area (TPSA) is 43.4 Å². The third kappa shape index (κ3) is 2.83. The lowest BCUT2D eigenvalue weighted by Crippen LogP contribution is -2.52. The van der Waals surface area contributed by atoms with Crippen LogP contribution in [0.15, 0.2) is 11.6 Å². The van der Waals surface area contributed by atoms with Crippen molar-refractivity contribution in [3.8, 4) is 0 Å². The Labute approximate surface area is 164 Å². The Hall–Kier alpha value is -1.12. The highest BCUT2D eigenvalue weighted by molar-refractivity contribution is 5.79. The second kappa shape index (κ2) is 6.74. The average molecular weight is 373 g/mol. The number of rotatable bonds is 3. The predicted octanol–water partition coefficient (Wildman–Crippen LogP) is 5.48. The van der Waals surface area contributed by atoms with Crippen LogP contribution >= 0.6 is 0 Å². The number of carbonyl (C=O) groups is 2. The standard InChI is InChI=1S/C24H36O3/c1-5-24-13-10-18(27-16(3)26)14-17(24)6-7-19-21-9-8-20(15(2)25)23(21,4)12-11-22(19)24/h6,18-22H,5,7-14H2,1-4H3/t18-,19?,20+,21?,22?,23+,24?/m0/s1. The van der Waals surface area contributed by atoms with E-state index in [0.717, 1.165) is 37.5 Å². The molecule has 0 aromatic heterocycles. The van der Waals surface area contributed by atoms with E-state index < -0.39 is 0 Å². The van der Waals surface area contributed by atoms with Crippen LogP contribution in [-0.2, 0) is 14.3 Å². The number of allylic oxidation sites excluding steroid dienone is 1. The highest BCUT2D eigenvalue weighted by atomic mass is 16.5. The Bertz CT molecular complexity index is 665. The summed E-state index contributed by atoms with van der Waals surface area (Å²) < 4.78 is 5.57. The maximum absolute atomic E-state index is 12.3. The van der Waals surface area contributed by atoms with Gasteiger partial charge in [0.2, 0.25) is 0 Å². The highest BCUT2D eigenvalue weighted by Crippen LogP contribution is 2.67. The first-order valence-electron chi connectivity index (χ1n) is 11.2. The fraction of sp³-hybridized carbons (Fsp3) is 0.833. The van der Waals surface area contributed by atoms with Crippen molar-refractivity contribution in [2.24, 2.45) is 34.5 Å². The minimum Gasteiger partial charge on any atom is -0.462 e. The zero-order valence-electron chi connectivity index (χ0n) is 17.6. The van der Waals surface area contributed by atoms with E-state index in [1.165, 1.54) is 39.0 Å². The molecule has 4 unspecified atom stereocenters. The molecule has 0 heterocycles. The van der Waals surface area contributed by atoms with Gasteiger partial charge in [-0.2, -0.15) is 0 Å². The molecule has 0 amide bonds. The Balaban J connectivity index is 1.62. The summed E-state index contributed by atoms with van der Waals surface area (Å²) in [6.07, 6.45) is 12.9. The molecule has 4 aliphatic rings. The summed E-state index contributed by atoms with van der Waals surface area (Å²) in [7, 11) is 0. The third-order valence-corrected chi connectivity index (χ3v) is 9.24. The zero-order valence-corrected chi connectivity index (χ0v) is 17.6. The minimum absolute atomic E-state index is 0.0763. The number of Topliss-reactive ketones (excluding diaryl/α,β-unsaturated/α-hetero) is 1. The molecule has 0 radical (unpaired) electrons. The lowest BCUT2D eigenvalue weighted by molar-refractivity contribution is -0.149. The molecule has 4 aliphatic carbocycles. The molecule has 4 rings (SSSR count). The van der Waals surface area contributed by atoms with E-state index in [-0.39, 0.29) is 23.4 Å². The minimum atomic E-state index is -0.145. The molecule has 0 aromatic rings. The van der Waals surface area contributed by atoms with Gasteiger partial charge in [0.1, 0.15) is 11.9 Å². The van der Waals surface area contributed by atoms with Crippen LogP contribution in [0.25, 0.3) is 0 Å². The third-order valence-electron chi connectivity index (χ3n) is 9.24. The molecule has 3 nitrogen and oxygen atoms in total. The van der Waals surface area contributed by atoms with Crippen LogP contribution in [0.2, 0.25) is 0 Å². The number of carbonyl (C=O) groups excluding carboxylic acids is 2. The Morgan fingerprint density at radius 3 is 2.56 bits per heavy atom. The average Bonchev–Trinajstić information content (AvgIpc) is 2.98. The predicted molar refractivity (Wildman–Crippen MR) is 106 cm³/mol. The summed E-state index contributed by atoms with van der Waals surface area (Å²) in [5.41, 5.74) is 2.12. The fourth-order valence-electron chi connectivity index (χ4n) is 8.09. The SMILES string of the molecule is CCC12CC[C@H](OC(C)=O)CC1=CCC1C2CC[C@@]2(C)C1CC[C@@H]2C(C)=O. The van der Waals surface area contributed by atoms with E-state index in [1.807, 2.05) is 6.92 Å². The van der Waals surface area contributed by atoms with Gasteiger partial charge in [-0.15, -0.1) is 0 Å². The van der Waals surface area contributed by atoms with Gasteiger partial charge in [-0.25, -0.2) is 0 Å². The zero-order chi connectivity index (χ0) is 19.4. The van der Waals surface area contributed by atoms with Gasteiger partial charge < -0.3 is 4.74 Å². The van der Waals surface area contributed by atoms with Crippen molar-refractivity contribution in [3.63, 3.8) is 0 Å². The molecule has 3 fully saturated rings. The van der Waals surface area contributed by atoms with Gasteiger partial charge in [0, 0.05) is 19.3 Å². The summed E-state index contributed by atoms with van der Waals surface area (Å²) in [5, 5.41) is 0. The number of fused-ring (bicyclic) bond motifs is 5. The Morgan fingerprint density at radius 1 is 1.11 bits per heavy atom. The monoisotopic (exact) mass is 372 g/mol. The van der Waals surface area contributed by atoms with Crippen LogP contribution in [0.3, 0.4) is 0 Å². The lowest BCUT2D eigenvalue weighted by atomic mass is 9.46. The van der Waals surface area contributed by atoms with Gasteiger partial charge >= 0.3 is 5.97 Å². The van der Waals surface area contributed by atoms with E-state index in [2.05, 4.69) is 19.9 Å². The molecule has 0 aliphatic heterocycles. The van der Waals surface area contributed by atoms with Gasteiger partial charge in [-0.1, -0.05) is 25.5 Å². The Morgan fingerprint density at radius 2 is 1.89 bits per heavy atom. The van der Waals surface area contributed by atoms with Crippen molar-refractivity contribution in [3.05, 3.63) is 11.6 Å². The van der Waals surface area contributed by atoms with Gasteiger partial charge in [-0.3, -0.25) is 9.59 Å². The quantitative estimate of drug-likeness (QED) is 0.487. The van der Waals surface area contributed by atoms with Gasteiger partial charge in [0.05, 0.1) is 0 Å². The number of esters is 1. The van der Waals surface area contributed by atoms with E-state index in [0.29, 0.717) is 17.1 Å². The molecule has 150 valence electrons. The van der Waals surface area contributed by atoms with Crippen LogP contribution in [0.1, 0.15) is 85.5 Å². The van der Waals surface area contributed by atoms with Crippen LogP contribution in [0.5, 0.6) is 0 Å². The molecule has 0 bridgehead atoms. The molecule has 3 heteroatoms. The van der Waals surface area contributed by atoms with Gasteiger partial charge in [-0.05, 0) is 86.9 Å². The number of hydrogen-bond donors (Lipinski definition) is 0. The lowest BCUT2D eigenvalue weighted by Gasteiger charge is -2.59. The van der Waals surface area contributed by atoms with E-state index in [9.17, 15) is 9.59 Å². The normalized spacial score (nSPS) is 45.9. The first-order valence-corrected chi connectivity index (χ1v) is 11.2. The van der Waals surface area contributed by atoms with Crippen LogP contribution < -0.4 is 0 Å². The van der Waals surface area contributed by atoms with Crippen molar-refractivity contribution in [1.82, 2.24) is 0 Å². The second-order valence-electron chi connectivity index (χ2n) is 10.1. The molecular weight excluding hydrogens is 336 g/mol. The van der Waals surface area contributed by atoms with Crippen molar-refractivity contribution >= 4 is 11.8 Å². The summed E-state index contributed by atoms with van der Waals surface area (Å²) in [4.78, 5) is 23.7. The number of ether oxygens (including phenoxy) is 1. The van der Waals surface area contributed by atoms with Crippen LogP contribution in [-0.4, -0.2) is 17.9 Å². The van der Waals surface area contributed by atoms with Crippen molar-refractivity contribution in [2.75, 3.05) is 0 Å². The molecule has 0 spiro atoms. The number of hydrogen-bond acceptors (Lipinski definition) is 3. The summed E-state index contributed by atoms with van der Waals surface area (Å²) in [6.45, 7) is 8.12. The Kier molecular flexibility index (Phi) is 4.79. The van der Waals surface area contributed by atoms with Crippen molar-refractivity contribution in [1.29, 1.82) is 0 Å². The largest absolute Gasteiger partial charge is 0.462 e. The molecule has 0 saturated heterocycles. The summed E-state index contributed by atoms with van der Waals surface area (Å²) in [6, 6.07) is 0. The molecule has 0 aromatic carbocycles. The van der Waals surface area contributed by atoms with Crippen molar-refractivity contribution < 1.29 is 14.3 Å². The molecule has 3 saturated carbocycles. The van der Waals surface area contributed by atoms with E-state index >= 15 is 0 Å². The van der Waals surface area contributed by atoms with Gasteiger partial charge in [0.25, 0.3) is 0 Å². The molecular formula is C24H36O3. The first-order chi connectivity index (χ1) is 12.8. The summed E-state index contributed by atoms with van der Waals surface area (Å²) >= 11 is 0. The fourth-order valence-corrected chi connectivity index (χ4v) is 8.09. The molecule has 27 heavy (non-hydrogen) atoms. The van der Waals surface area contributed by atoms with Crippen LogP contribution in [0.4, 0.5) is 0 Å². The molecule has 7 atom stereocenters. The van der Waals surface area contributed by atoms with Crippen LogP contribution in [0, 0.1) is 34.5 Å². The maximum atomic E-state index is 12.3.